The molecule has 1 saturated heterocycles. The van der Waals surface area contributed by atoms with Gasteiger partial charge in [0, 0.05) is 37.9 Å². The van der Waals surface area contributed by atoms with Gasteiger partial charge in [0.2, 0.25) is 6.10 Å². The van der Waals surface area contributed by atoms with E-state index < -0.39 is 6.10 Å². The lowest BCUT2D eigenvalue weighted by Crippen LogP contribution is -2.55. The number of fused-ring (bicyclic) bond motifs is 2. The number of benzene rings is 1. The summed E-state index contributed by atoms with van der Waals surface area (Å²) in [5.41, 5.74) is 2.22. The average Bonchev–Trinajstić information content (AvgIpc) is 3.31. The third-order valence-electron chi connectivity index (χ3n) is 6.56. The Morgan fingerprint density at radius 3 is 2.37 bits per heavy atom. The molecule has 4 heterocycles. The summed E-state index contributed by atoms with van der Waals surface area (Å²) in [6.07, 6.45) is 1.06. The Morgan fingerprint density at radius 2 is 1.69 bits per heavy atom. The predicted octanol–water partition coefficient (Wildman–Crippen LogP) is 3.26. The van der Waals surface area contributed by atoms with Gasteiger partial charge in [-0.05, 0) is 38.0 Å². The second kappa shape index (κ2) is 9.20. The van der Waals surface area contributed by atoms with Crippen molar-refractivity contribution in [2.45, 2.75) is 45.8 Å². The van der Waals surface area contributed by atoms with Crippen LogP contribution < -0.4 is 9.47 Å². The third kappa shape index (κ3) is 4.31. The molecule has 2 aliphatic rings. The molecule has 2 aromatic heterocycles. The summed E-state index contributed by atoms with van der Waals surface area (Å²) in [5, 5.41) is 5.25. The predicted molar refractivity (Wildman–Crippen MR) is 131 cm³/mol. The van der Waals surface area contributed by atoms with Gasteiger partial charge in [-0.3, -0.25) is 9.59 Å². The van der Waals surface area contributed by atoms with Crippen LogP contribution in [0, 0.1) is 0 Å². The normalized spacial score (nSPS) is 17.9. The lowest BCUT2D eigenvalue weighted by atomic mass is 10.0. The number of hydrogen-bond acceptors (Lipinski definition) is 6. The van der Waals surface area contributed by atoms with Crippen molar-refractivity contribution in [2.75, 3.05) is 32.8 Å². The van der Waals surface area contributed by atoms with Crippen molar-refractivity contribution in [3.63, 3.8) is 0 Å². The lowest BCUT2D eigenvalue weighted by molar-refractivity contribution is -0.142. The molecule has 0 spiro atoms. The fraction of sp³-hybridized carbons (Fsp3) is 0.462. The monoisotopic (exact) mass is 477 g/mol. The molecular formula is C26H31N5O4. The molecule has 35 heavy (non-hydrogen) atoms. The summed E-state index contributed by atoms with van der Waals surface area (Å²) in [6.45, 7) is 10.2. The Balaban J connectivity index is 1.30. The fourth-order valence-corrected chi connectivity index (χ4v) is 4.53. The minimum atomic E-state index is -0.678. The maximum Gasteiger partial charge on any atom is 0.267 e. The second-order valence-electron chi connectivity index (χ2n) is 9.65. The molecule has 2 amide bonds. The van der Waals surface area contributed by atoms with Gasteiger partial charge in [-0.2, -0.15) is 5.10 Å². The van der Waals surface area contributed by atoms with Gasteiger partial charge >= 0.3 is 0 Å². The average molecular weight is 478 g/mol. The molecule has 9 heteroatoms. The van der Waals surface area contributed by atoms with E-state index in [9.17, 15) is 9.59 Å². The highest BCUT2D eigenvalue weighted by Crippen LogP contribution is 2.31. The first kappa shape index (κ1) is 23.1. The summed E-state index contributed by atoms with van der Waals surface area (Å²) in [5.74, 6) is 1.24. The molecule has 1 atom stereocenters. The molecule has 9 nitrogen and oxygen atoms in total. The number of amides is 2. The highest BCUT2D eigenvalue weighted by Gasteiger charge is 2.34. The molecule has 5 rings (SSSR count). The number of nitrogens with zero attached hydrogens (tertiary/aromatic N) is 5. The minimum absolute atomic E-state index is 0.0547. The van der Waals surface area contributed by atoms with Crippen LogP contribution in [-0.2, 0) is 4.79 Å². The van der Waals surface area contributed by atoms with Crippen LogP contribution in [0.15, 0.2) is 36.5 Å². The molecule has 1 fully saturated rings. The van der Waals surface area contributed by atoms with Gasteiger partial charge < -0.3 is 19.3 Å². The number of para-hydroxylation sites is 2. The Bertz CT molecular complexity index is 1260. The van der Waals surface area contributed by atoms with E-state index >= 15 is 0 Å². The number of rotatable bonds is 4. The van der Waals surface area contributed by atoms with Crippen molar-refractivity contribution in [2.24, 2.45) is 0 Å². The summed E-state index contributed by atoms with van der Waals surface area (Å²) < 4.78 is 13.4. The first-order chi connectivity index (χ1) is 16.8. The number of carbonyl (C=O) groups is 2. The van der Waals surface area contributed by atoms with Gasteiger partial charge in [0.15, 0.2) is 17.1 Å². The first-order valence-electron chi connectivity index (χ1n) is 12.2. The Labute approximate surface area is 204 Å². The summed E-state index contributed by atoms with van der Waals surface area (Å²) in [6, 6.07) is 9.38. The molecular weight excluding hydrogens is 446 g/mol. The van der Waals surface area contributed by atoms with Gasteiger partial charge in [0.1, 0.15) is 6.61 Å². The Kier molecular flexibility index (Phi) is 6.08. The van der Waals surface area contributed by atoms with Crippen LogP contribution >= 0.6 is 0 Å². The van der Waals surface area contributed by atoms with E-state index in [0.717, 1.165) is 16.7 Å². The smallest absolute Gasteiger partial charge is 0.267 e. The molecule has 1 unspecified atom stereocenters. The van der Waals surface area contributed by atoms with Crippen molar-refractivity contribution in [3.8, 4) is 11.5 Å². The molecule has 0 saturated carbocycles. The fourth-order valence-electron chi connectivity index (χ4n) is 4.53. The number of pyridine rings is 1. The minimum Gasteiger partial charge on any atom is -0.485 e. The van der Waals surface area contributed by atoms with E-state index in [1.807, 2.05) is 47.7 Å². The van der Waals surface area contributed by atoms with Crippen LogP contribution in [0.1, 0.15) is 55.7 Å². The van der Waals surface area contributed by atoms with Crippen LogP contribution in [-0.4, -0.2) is 75.3 Å². The van der Waals surface area contributed by atoms with Crippen LogP contribution in [0.3, 0.4) is 0 Å². The molecule has 3 aromatic rings. The van der Waals surface area contributed by atoms with Crippen molar-refractivity contribution in [3.05, 3.63) is 47.8 Å². The van der Waals surface area contributed by atoms with Crippen LogP contribution in [0.4, 0.5) is 0 Å². The zero-order chi connectivity index (χ0) is 24.7. The first-order valence-corrected chi connectivity index (χ1v) is 12.2. The number of carbonyl (C=O) groups excluding carboxylic acids is 2. The van der Waals surface area contributed by atoms with Crippen molar-refractivity contribution in [1.29, 1.82) is 0 Å². The molecule has 2 aliphatic heterocycles. The largest absolute Gasteiger partial charge is 0.485 e. The van der Waals surface area contributed by atoms with Gasteiger partial charge in [-0.15, -0.1) is 0 Å². The van der Waals surface area contributed by atoms with Gasteiger partial charge in [-0.25, -0.2) is 9.67 Å². The van der Waals surface area contributed by atoms with E-state index in [-0.39, 0.29) is 30.4 Å². The second-order valence-corrected chi connectivity index (χ2v) is 9.65. The molecule has 0 bridgehead atoms. The van der Waals surface area contributed by atoms with E-state index in [4.69, 9.17) is 14.5 Å². The third-order valence-corrected chi connectivity index (χ3v) is 6.56. The summed E-state index contributed by atoms with van der Waals surface area (Å²) in [7, 11) is 0. The Hall–Kier alpha value is -3.62. The topological polar surface area (TPSA) is 89.8 Å². The van der Waals surface area contributed by atoms with E-state index in [1.165, 1.54) is 0 Å². The van der Waals surface area contributed by atoms with Crippen LogP contribution in [0.2, 0.25) is 0 Å². The van der Waals surface area contributed by atoms with E-state index in [2.05, 4.69) is 18.9 Å². The SMILES string of the molecule is CC(C)c1cc(C(=O)N2CCN(C(=O)C3COc4ccccc4O3)CC2)c2cnn(C(C)C)c2n1. The zero-order valence-electron chi connectivity index (χ0n) is 20.6. The summed E-state index contributed by atoms with van der Waals surface area (Å²) >= 11 is 0. The maximum absolute atomic E-state index is 13.6. The van der Waals surface area contributed by atoms with Gasteiger partial charge in [-0.1, -0.05) is 26.0 Å². The lowest BCUT2D eigenvalue weighted by Gasteiger charge is -2.37. The highest BCUT2D eigenvalue weighted by molar-refractivity contribution is 6.05. The summed E-state index contributed by atoms with van der Waals surface area (Å²) in [4.78, 5) is 35.0. The number of ether oxygens (including phenoxy) is 2. The zero-order valence-corrected chi connectivity index (χ0v) is 20.6. The molecule has 0 N–H and O–H groups in total. The van der Waals surface area contributed by atoms with Gasteiger partial charge in [0.05, 0.1) is 17.1 Å². The highest BCUT2D eigenvalue weighted by atomic mass is 16.6. The molecule has 1 aromatic carbocycles. The molecule has 0 radical (unpaired) electrons. The standard InChI is InChI=1S/C26H31N5O4/c1-16(2)20-13-18(19-14-27-31(17(3)4)24(19)28-20)25(32)29-9-11-30(12-10-29)26(33)23-15-34-21-7-5-6-8-22(21)35-23/h5-8,13-14,16-17,23H,9-12,15H2,1-4H3. The van der Waals surface area contributed by atoms with Crippen LogP contribution in [0.25, 0.3) is 11.0 Å². The number of piperazine rings is 1. The Morgan fingerprint density at radius 1 is 1.00 bits per heavy atom. The quantitative estimate of drug-likeness (QED) is 0.573. The van der Waals surface area contributed by atoms with Crippen molar-refractivity contribution in [1.82, 2.24) is 24.6 Å². The van der Waals surface area contributed by atoms with Crippen LogP contribution in [0.5, 0.6) is 11.5 Å². The van der Waals surface area contributed by atoms with Crippen molar-refractivity contribution >= 4 is 22.8 Å². The number of hydrogen-bond donors (Lipinski definition) is 0. The van der Waals surface area contributed by atoms with E-state index in [1.54, 1.807) is 17.2 Å². The van der Waals surface area contributed by atoms with Crippen molar-refractivity contribution < 1.29 is 19.1 Å². The van der Waals surface area contributed by atoms with Gasteiger partial charge in [0.25, 0.3) is 11.8 Å². The molecule has 184 valence electrons. The van der Waals surface area contributed by atoms with E-state index in [0.29, 0.717) is 43.2 Å². The maximum atomic E-state index is 13.6. The number of aromatic nitrogens is 3. The molecule has 0 aliphatic carbocycles.